The first-order chi connectivity index (χ1) is 15.7. The van der Waals surface area contributed by atoms with Crippen LogP contribution in [0.25, 0.3) is 5.69 Å². The molecule has 0 radical (unpaired) electrons. The van der Waals surface area contributed by atoms with E-state index in [1.807, 2.05) is 48.9 Å². The summed E-state index contributed by atoms with van der Waals surface area (Å²) in [5.74, 6) is -1.72. The number of nitrogens with one attached hydrogen (secondary N) is 1. The molecule has 0 atom stereocenters. The van der Waals surface area contributed by atoms with E-state index in [0.29, 0.717) is 30.0 Å². The van der Waals surface area contributed by atoms with E-state index in [1.165, 1.54) is 10.7 Å². The van der Waals surface area contributed by atoms with E-state index in [-0.39, 0.29) is 11.6 Å². The fourth-order valence-electron chi connectivity index (χ4n) is 3.98. The van der Waals surface area contributed by atoms with E-state index in [0.717, 1.165) is 34.6 Å². The quantitative estimate of drug-likeness (QED) is 0.469. The Labute approximate surface area is 190 Å². The second-order valence-corrected chi connectivity index (χ2v) is 8.14. The average molecular weight is 450 g/mol. The largest absolute Gasteiger partial charge is 0.348 e. The molecule has 2 aromatic carbocycles. The van der Waals surface area contributed by atoms with Crippen LogP contribution in [0.15, 0.2) is 48.5 Å². The molecule has 0 saturated carbocycles. The Morgan fingerprint density at radius 1 is 0.970 bits per heavy atom. The first kappa shape index (κ1) is 22.4. The van der Waals surface area contributed by atoms with Crippen molar-refractivity contribution in [2.75, 3.05) is 0 Å². The third-order valence-corrected chi connectivity index (χ3v) is 5.54. The standard InChI is InChI=1S/C25H25F2N5O/c1-15-10-16(2)31(29-15)14-20-7-5-6-19(11-20)13-28-25(33)24-17(3)30-32(18(24)4)23-9-8-21(26)12-22(23)27/h5-12H,13-14H2,1-4H3,(H,28,33). The summed E-state index contributed by atoms with van der Waals surface area (Å²) in [7, 11) is 0. The van der Waals surface area contributed by atoms with Crippen LogP contribution in [0.5, 0.6) is 0 Å². The molecular weight excluding hydrogens is 424 g/mol. The van der Waals surface area contributed by atoms with Gasteiger partial charge >= 0.3 is 0 Å². The van der Waals surface area contributed by atoms with Crippen molar-refractivity contribution >= 4 is 5.91 Å². The average Bonchev–Trinajstić information content (AvgIpc) is 3.23. The highest BCUT2D eigenvalue weighted by Crippen LogP contribution is 2.21. The molecule has 0 unspecified atom stereocenters. The Morgan fingerprint density at radius 3 is 2.42 bits per heavy atom. The van der Waals surface area contributed by atoms with Crippen LogP contribution in [0.4, 0.5) is 8.78 Å². The minimum absolute atomic E-state index is 0.0907. The van der Waals surface area contributed by atoms with Gasteiger partial charge in [-0.1, -0.05) is 24.3 Å². The van der Waals surface area contributed by atoms with Crippen LogP contribution in [-0.2, 0) is 13.1 Å². The molecule has 1 N–H and O–H groups in total. The van der Waals surface area contributed by atoms with Crippen molar-refractivity contribution in [2.45, 2.75) is 40.8 Å². The summed E-state index contributed by atoms with van der Waals surface area (Å²) < 4.78 is 30.8. The Hall–Kier alpha value is -3.81. The number of aromatic nitrogens is 4. The zero-order valence-electron chi connectivity index (χ0n) is 19.0. The fraction of sp³-hybridized carbons (Fsp3) is 0.240. The van der Waals surface area contributed by atoms with Crippen molar-refractivity contribution in [3.05, 3.63) is 99.6 Å². The van der Waals surface area contributed by atoms with Crippen molar-refractivity contribution in [2.24, 2.45) is 0 Å². The van der Waals surface area contributed by atoms with Gasteiger partial charge < -0.3 is 5.32 Å². The van der Waals surface area contributed by atoms with Gasteiger partial charge in [0.1, 0.15) is 11.5 Å². The first-order valence-corrected chi connectivity index (χ1v) is 10.6. The molecule has 0 bridgehead atoms. The van der Waals surface area contributed by atoms with Gasteiger partial charge in [-0.3, -0.25) is 9.48 Å². The number of hydrogen-bond donors (Lipinski definition) is 1. The topological polar surface area (TPSA) is 64.7 Å². The number of carbonyl (C=O) groups excluding carboxylic acids is 1. The van der Waals surface area contributed by atoms with E-state index in [1.54, 1.807) is 13.8 Å². The molecule has 33 heavy (non-hydrogen) atoms. The number of nitrogens with zero attached hydrogens (tertiary/aromatic N) is 4. The normalized spacial score (nSPS) is 11.1. The van der Waals surface area contributed by atoms with Crippen LogP contribution in [0.1, 0.15) is 44.3 Å². The molecule has 0 spiro atoms. The Morgan fingerprint density at radius 2 is 1.73 bits per heavy atom. The fourth-order valence-corrected chi connectivity index (χ4v) is 3.98. The van der Waals surface area contributed by atoms with Gasteiger partial charge in [0.05, 0.1) is 29.2 Å². The van der Waals surface area contributed by atoms with Gasteiger partial charge in [-0.25, -0.2) is 13.5 Å². The van der Waals surface area contributed by atoms with Gasteiger partial charge in [0, 0.05) is 18.3 Å². The number of rotatable bonds is 6. The van der Waals surface area contributed by atoms with Crippen molar-refractivity contribution in [1.82, 2.24) is 24.9 Å². The van der Waals surface area contributed by atoms with Crippen LogP contribution < -0.4 is 5.32 Å². The summed E-state index contributed by atoms with van der Waals surface area (Å²) in [4.78, 5) is 12.9. The van der Waals surface area contributed by atoms with Crippen molar-refractivity contribution in [3.63, 3.8) is 0 Å². The van der Waals surface area contributed by atoms with E-state index in [4.69, 9.17) is 0 Å². The molecule has 4 aromatic rings. The summed E-state index contributed by atoms with van der Waals surface area (Å²) in [5, 5.41) is 11.7. The Bertz CT molecular complexity index is 1340. The maximum absolute atomic E-state index is 14.2. The Balaban J connectivity index is 1.49. The highest BCUT2D eigenvalue weighted by Gasteiger charge is 2.21. The molecule has 0 fully saturated rings. The SMILES string of the molecule is Cc1cc(C)n(Cc2cccc(CNC(=O)c3c(C)nn(-c4ccc(F)cc4F)c3C)c2)n1. The Kier molecular flexibility index (Phi) is 6.09. The van der Waals surface area contributed by atoms with Crippen LogP contribution in [-0.4, -0.2) is 25.5 Å². The lowest BCUT2D eigenvalue weighted by molar-refractivity contribution is 0.0949. The van der Waals surface area contributed by atoms with Gasteiger partial charge in [-0.05, 0) is 57.0 Å². The lowest BCUT2D eigenvalue weighted by Gasteiger charge is -2.10. The second-order valence-electron chi connectivity index (χ2n) is 8.14. The maximum atomic E-state index is 14.2. The molecule has 4 rings (SSSR count). The maximum Gasteiger partial charge on any atom is 0.255 e. The molecule has 0 aliphatic rings. The summed E-state index contributed by atoms with van der Waals surface area (Å²) in [5.41, 5.74) is 5.51. The number of aryl methyl sites for hydroxylation is 3. The van der Waals surface area contributed by atoms with E-state index in [9.17, 15) is 13.6 Å². The van der Waals surface area contributed by atoms with Gasteiger partial charge in [0.15, 0.2) is 5.82 Å². The molecular formula is C25H25F2N5O. The summed E-state index contributed by atoms with van der Waals surface area (Å²) in [6, 6.07) is 13.3. The van der Waals surface area contributed by atoms with Gasteiger partial charge in [0.25, 0.3) is 5.91 Å². The summed E-state index contributed by atoms with van der Waals surface area (Å²) >= 11 is 0. The van der Waals surface area contributed by atoms with Gasteiger partial charge in [0.2, 0.25) is 0 Å². The minimum Gasteiger partial charge on any atom is -0.348 e. The number of hydrogen-bond acceptors (Lipinski definition) is 3. The molecule has 0 aliphatic heterocycles. The monoisotopic (exact) mass is 449 g/mol. The molecule has 2 heterocycles. The van der Waals surface area contributed by atoms with Crippen LogP contribution in [0, 0.1) is 39.3 Å². The van der Waals surface area contributed by atoms with E-state index < -0.39 is 11.6 Å². The first-order valence-electron chi connectivity index (χ1n) is 10.6. The number of halogens is 2. The van der Waals surface area contributed by atoms with Crippen molar-refractivity contribution < 1.29 is 13.6 Å². The number of carbonyl (C=O) groups is 1. The summed E-state index contributed by atoms with van der Waals surface area (Å²) in [6.45, 7) is 8.34. The van der Waals surface area contributed by atoms with Crippen LogP contribution in [0.3, 0.4) is 0 Å². The smallest absolute Gasteiger partial charge is 0.255 e. The van der Waals surface area contributed by atoms with Crippen molar-refractivity contribution in [3.8, 4) is 5.69 Å². The summed E-state index contributed by atoms with van der Waals surface area (Å²) in [6.07, 6.45) is 0. The van der Waals surface area contributed by atoms with E-state index in [2.05, 4.69) is 15.5 Å². The third kappa shape index (κ3) is 4.69. The number of benzene rings is 2. The molecule has 6 nitrogen and oxygen atoms in total. The zero-order chi connectivity index (χ0) is 23.7. The predicted octanol–water partition coefficient (Wildman–Crippen LogP) is 4.56. The highest BCUT2D eigenvalue weighted by molar-refractivity contribution is 5.96. The molecule has 1 amide bonds. The third-order valence-electron chi connectivity index (χ3n) is 5.54. The highest BCUT2D eigenvalue weighted by atomic mass is 19.1. The predicted molar refractivity (Wildman–Crippen MR) is 121 cm³/mol. The lowest BCUT2D eigenvalue weighted by Crippen LogP contribution is -2.24. The second kappa shape index (κ2) is 8.97. The number of amides is 1. The van der Waals surface area contributed by atoms with Gasteiger partial charge in [-0.15, -0.1) is 0 Å². The molecule has 0 aliphatic carbocycles. The lowest BCUT2D eigenvalue weighted by atomic mass is 10.1. The molecule has 2 aromatic heterocycles. The van der Waals surface area contributed by atoms with Gasteiger partial charge in [-0.2, -0.15) is 10.2 Å². The molecule has 0 saturated heterocycles. The minimum atomic E-state index is -0.744. The van der Waals surface area contributed by atoms with Crippen LogP contribution >= 0.6 is 0 Å². The zero-order valence-corrected chi connectivity index (χ0v) is 19.0. The van der Waals surface area contributed by atoms with Crippen molar-refractivity contribution in [1.29, 1.82) is 0 Å². The van der Waals surface area contributed by atoms with Crippen LogP contribution in [0.2, 0.25) is 0 Å². The van der Waals surface area contributed by atoms with E-state index >= 15 is 0 Å². The molecule has 8 heteroatoms. The molecule has 170 valence electrons.